The first kappa shape index (κ1) is 15.0. The van der Waals surface area contributed by atoms with Crippen LogP contribution in [0.5, 0.6) is 0 Å². The third-order valence-corrected chi connectivity index (χ3v) is 5.63. The molecule has 0 spiro atoms. The van der Waals surface area contributed by atoms with Gasteiger partial charge in [-0.1, -0.05) is 36.4 Å². The van der Waals surface area contributed by atoms with E-state index in [0.717, 1.165) is 9.69 Å². The van der Waals surface area contributed by atoms with E-state index >= 15 is 0 Å². The number of fused-ring (bicyclic) bond motifs is 1. The van der Waals surface area contributed by atoms with Crippen molar-refractivity contribution in [2.75, 3.05) is 6.61 Å². The van der Waals surface area contributed by atoms with Gasteiger partial charge in [0.05, 0.1) is 4.90 Å². The zero-order valence-corrected chi connectivity index (χ0v) is 13.0. The summed E-state index contributed by atoms with van der Waals surface area (Å²) in [7, 11) is -3.93. The minimum atomic E-state index is -3.93. The van der Waals surface area contributed by atoms with E-state index in [1.165, 1.54) is 6.07 Å². The number of hydrogen-bond acceptors (Lipinski definition) is 4. The van der Waals surface area contributed by atoms with Crippen LogP contribution in [0.4, 0.5) is 0 Å². The zero-order chi connectivity index (χ0) is 15.7. The van der Waals surface area contributed by atoms with Gasteiger partial charge in [0, 0.05) is 24.8 Å². The summed E-state index contributed by atoms with van der Waals surface area (Å²) in [6.07, 6.45) is -0.118. The fraction of sp³-hybridized carbons (Fsp3) is 0.312. The maximum absolute atomic E-state index is 13.0. The summed E-state index contributed by atoms with van der Waals surface area (Å²) < 4.78 is 32.3. The molecule has 0 N–H and O–H groups in total. The van der Waals surface area contributed by atoms with Gasteiger partial charge in [-0.05, 0) is 18.4 Å². The summed E-state index contributed by atoms with van der Waals surface area (Å²) in [4.78, 5) is 12.2. The average molecular weight is 319 g/mol. The molecular weight excluding hydrogens is 302 g/mol. The molecule has 22 heavy (non-hydrogen) atoms. The van der Waals surface area contributed by atoms with E-state index in [2.05, 4.69) is 0 Å². The molecule has 116 valence electrons. The highest BCUT2D eigenvalue weighted by atomic mass is 32.2. The van der Waals surface area contributed by atoms with E-state index in [1.807, 2.05) is 18.2 Å². The molecule has 0 bridgehead atoms. The summed E-state index contributed by atoms with van der Waals surface area (Å²) in [5.74, 6) is -0.411. The average Bonchev–Trinajstić information content (AvgIpc) is 2.88. The lowest BCUT2D eigenvalue weighted by Gasteiger charge is -2.24. The van der Waals surface area contributed by atoms with Crippen LogP contribution >= 0.6 is 0 Å². The third-order valence-electron chi connectivity index (χ3n) is 3.76. The van der Waals surface area contributed by atoms with Crippen molar-refractivity contribution >= 4 is 26.7 Å². The van der Waals surface area contributed by atoms with E-state index in [9.17, 15) is 13.2 Å². The van der Waals surface area contributed by atoms with Crippen LogP contribution in [0.15, 0.2) is 47.4 Å². The quantitative estimate of drug-likeness (QED) is 0.868. The number of carbonyl (C=O) groups is 1. The van der Waals surface area contributed by atoms with Crippen molar-refractivity contribution in [1.29, 1.82) is 0 Å². The van der Waals surface area contributed by atoms with Crippen molar-refractivity contribution in [2.24, 2.45) is 0 Å². The maximum atomic E-state index is 13.0. The second-order valence-electron chi connectivity index (χ2n) is 5.12. The Morgan fingerprint density at radius 1 is 1.18 bits per heavy atom. The summed E-state index contributed by atoms with van der Waals surface area (Å²) in [6, 6.07) is 12.3. The molecule has 1 unspecified atom stereocenters. The van der Waals surface area contributed by atoms with Gasteiger partial charge in [0.1, 0.15) is 6.23 Å². The summed E-state index contributed by atoms with van der Waals surface area (Å²) >= 11 is 0. The van der Waals surface area contributed by atoms with Crippen molar-refractivity contribution in [3.8, 4) is 0 Å². The van der Waals surface area contributed by atoms with Crippen LogP contribution in [0, 0.1) is 0 Å². The van der Waals surface area contributed by atoms with Crippen LogP contribution in [0.2, 0.25) is 0 Å². The Balaban J connectivity index is 2.14. The van der Waals surface area contributed by atoms with Crippen LogP contribution in [0.3, 0.4) is 0 Å². The first-order valence-corrected chi connectivity index (χ1v) is 8.66. The number of sulfonamides is 1. The van der Waals surface area contributed by atoms with Gasteiger partial charge in [-0.15, -0.1) is 0 Å². The second-order valence-corrected chi connectivity index (χ2v) is 6.90. The Labute approximate surface area is 129 Å². The molecule has 0 saturated carbocycles. The molecule has 1 saturated heterocycles. The molecular formula is C16H17NO4S. The Morgan fingerprint density at radius 3 is 2.68 bits per heavy atom. The van der Waals surface area contributed by atoms with Gasteiger partial charge in [0.15, 0.2) is 0 Å². The van der Waals surface area contributed by atoms with Crippen molar-refractivity contribution in [3.05, 3.63) is 42.5 Å². The topological polar surface area (TPSA) is 63.7 Å². The zero-order valence-electron chi connectivity index (χ0n) is 12.2. The summed E-state index contributed by atoms with van der Waals surface area (Å²) in [5, 5.41) is 1.43. The van der Waals surface area contributed by atoms with Crippen molar-refractivity contribution < 1.29 is 17.9 Å². The molecule has 3 rings (SSSR count). The van der Waals surface area contributed by atoms with Crippen LogP contribution in [0.25, 0.3) is 10.8 Å². The number of ether oxygens (including phenoxy) is 1. The molecule has 0 aromatic heterocycles. The molecule has 1 heterocycles. The monoisotopic (exact) mass is 319 g/mol. The van der Waals surface area contributed by atoms with Gasteiger partial charge >= 0.3 is 0 Å². The number of hydrogen-bond donors (Lipinski definition) is 0. The molecule has 6 heteroatoms. The number of amides is 1. The Kier molecular flexibility index (Phi) is 3.88. The number of nitrogens with zero attached hydrogens (tertiary/aromatic N) is 1. The lowest BCUT2D eigenvalue weighted by Crippen LogP contribution is -2.40. The minimum Gasteiger partial charge on any atom is -0.357 e. The van der Waals surface area contributed by atoms with Gasteiger partial charge in [-0.2, -0.15) is 0 Å². The number of carbonyl (C=O) groups excluding carboxylic acids is 1. The van der Waals surface area contributed by atoms with Crippen LogP contribution in [0.1, 0.15) is 19.8 Å². The van der Waals surface area contributed by atoms with Crippen molar-refractivity contribution in [3.63, 3.8) is 0 Å². The molecule has 1 amide bonds. The Hall–Kier alpha value is -1.92. The number of rotatable bonds is 4. The molecule has 1 aliphatic heterocycles. The normalized spacial score (nSPS) is 19.0. The van der Waals surface area contributed by atoms with Crippen LogP contribution in [-0.4, -0.2) is 31.5 Å². The van der Waals surface area contributed by atoms with Crippen LogP contribution in [-0.2, 0) is 19.6 Å². The van der Waals surface area contributed by atoms with Gasteiger partial charge in [-0.3, -0.25) is 4.79 Å². The van der Waals surface area contributed by atoms with Gasteiger partial charge in [0.25, 0.3) is 10.0 Å². The summed E-state index contributed by atoms with van der Waals surface area (Å²) in [5.41, 5.74) is 0. The fourth-order valence-corrected chi connectivity index (χ4v) is 4.56. The van der Waals surface area contributed by atoms with Gasteiger partial charge < -0.3 is 4.74 Å². The van der Waals surface area contributed by atoms with Crippen molar-refractivity contribution in [2.45, 2.75) is 30.9 Å². The van der Waals surface area contributed by atoms with Gasteiger partial charge in [-0.25, -0.2) is 12.7 Å². The van der Waals surface area contributed by atoms with Gasteiger partial charge in [0.2, 0.25) is 5.91 Å². The maximum Gasteiger partial charge on any atom is 0.269 e. The van der Waals surface area contributed by atoms with Crippen LogP contribution < -0.4 is 0 Å². The first-order chi connectivity index (χ1) is 10.6. The molecule has 0 radical (unpaired) electrons. The smallest absolute Gasteiger partial charge is 0.269 e. The highest BCUT2D eigenvalue weighted by Crippen LogP contribution is 2.31. The molecule has 2 aromatic rings. The highest BCUT2D eigenvalue weighted by Gasteiger charge is 2.41. The first-order valence-electron chi connectivity index (χ1n) is 7.22. The molecule has 1 atom stereocenters. The lowest BCUT2D eigenvalue weighted by atomic mass is 10.1. The molecule has 1 fully saturated rings. The number of benzene rings is 2. The molecule has 2 aromatic carbocycles. The predicted molar refractivity (Wildman–Crippen MR) is 82.6 cm³/mol. The predicted octanol–water partition coefficient (Wildman–Crippen LogP) is 2.51. The lowest BCUT2D eigenvalue weighted by molar-refractivity contribution is -0.128. The Bertz CT molecular complexity index is 811. The van der Waals surface area contributed by atoms with E-state index < -0.39 is 22.2 Å². The summed E-state index contributed by atoms with van der Waals surface area (Å²) in [6.45, 7) is 2.14. The van der Waals surface area contributed by atoms with E-state index in [0.29, 0.717) is 18.4 Å². The molecule has 0 aliphatic carbocycles. The SMILES string of the molecule is CCOC1CCC(=O)N1S(=O)(=O)c1cccc2ccccc12. The molecule has 1 aliphatic rings. The largest absolute Gasteiger partial charge is 0.357 e. The Morgan fingerprint density at radius 2 is 1.91 bits per heavy atom. The molecule has 5 nitrogen and oxygen atoms in total. The van der Waals surface area contributed by atoms with E-state index in [4.69, 9.17) is 4.74 Å². The van der Waals surface area contributed by atoms with Crippen molar-refractivity contribution in [1.82, 2.24) is 4.31 Å². The minimum absolute atomic E-state index is 0.144. The second kappa shape index (κ2) is 5.70. The standard InChI is InChI=1S/C16H17NO4S/c1-2-21-16-11-10-15(18)17(16)22(19,20)14-9-5-7-12-6-3-4-8-13(12)14/h3-9,16H,2,10-11H2,1H3. The fourth-order valence-electron chi connectivity index (χ4n) is 2.79. The van der Waals surface area contributed by atoms with E-state index in [1.54, 1.807) is 25.1 Å². The highest BCUT2D eigenvalue weighted by molar-refractivity contribution is 7.90. The third kappa shape index (κ3) is 2.38. The van der Waals surface area contributed by atoms with E-state index in [-0.39, 0.29) is 11.3 Å².